The van der Waals surface area contributed by atoms with E-state index in [1.165, 1.54) is 0 Å². The van der Waals surface area contributed by atoms with Gasteiger partial charge in [0, 0.05) is 11.8 Å². The van der Waals surface area contributed by atoms with Gasteiger partial charge in [0.05, 0.1) is 0 Å². The first-order chi connectivity index (χ1) is 6.11. The SMILES string of the molecule is CC.CC(C)c1nnc(C(C)C)o1. The molecule has 1 aromatic rings. The maximum absolute atomic E-state index is 5.38. The van der Waals surface area contributed by atoms with Gasteiger partial charge in [0.25, 0.3) is 0 Å². The molecule has 1 rings (SSSR count). The average molecular weight is 184 g/mol. The van der Waals surface area contributed by atoms with E-state index in [2.05, 4.69) is 10.2 Å². The maximum atomic E-state index is 5.38. The maximum Gasteiger partial charge on any atom is 0.219 e. The summed E-state index contributed by atoms with van der Waals surface area (Å²) in [5, 5.41) is 7.84. The lowest BCUT2D eigenvalue weighted by atomic mass is 10.2. The van der Waals surface area contributed by atoms with Gasteiger partial charge in [0.2, 0.25) is 11.8 Å². The molecule has 3 heteroatoms. The molecule has 3 nitrogen and oxygen atoms in total. The summed E-state index contributed by atoms with van der Waals surface area (Å²) in [5.74, 6) is 2.12. The van der Waals surface area contributed by atoms with Crippen molar-refractivity contribution in [3.05, 3.63) is 11.8 Å². The van der Waals surface area contributed by atoms with Gasteiger partial charge < -0.3 is 4.42 Å². The predicted molar refractivity (Wildman–Crippen MR) is 53.8 cm³/mol. The third-order valence-corrected chi connectivity index (χ3v) is 1.44. The number of hydrogen-bond acceptors (Lipinski definition) is 3. The zero-order valence-electron chi connectivity index (χ0n) is 9.46. The fourth-order valence-corrected chi connectivity index (χ4v) is 0.713. The summed E-state index contributed by atoms with van der Waals surface area (Å²) < 4.78 is 5.38. The Labute approximate surface area is 80.6 Å². The molecule has 0 radical (unpaired) electrons. The van der Waals surface area contributed by atoms with Crippen molar-refractivity contribution in [3.63, 3.8) is 0 Å². The topological polar surface area (TPSA) is 38.9 Å². The Kier molecular flexibility index (Phi) is 5.35. The molecule has 0 aliphatic carbocycles. The van der Waals surface area contributed by atoms with Crippen LogP contribution in [0.1, 0.15) is 65.2 Å². The molecule has 0 aliphatic rings. The normalized spacial score (nSPS) is 10.2. The van der Waals surface area contributed by atoms with E-state index in [0.717, 1.165) is 11.8 Å². The summed E-state index contributed by atoms with van der Waals surface area (Å²) in [5.41, 5.74) is 0. The highest BCUT2D eigenvalue weighted by Gasteiger charge is 2.11. The van der Waals surface area contributed by atoms with E-state index in [1.54, 1.807) is 0 Å². The molecule has 0 fully saturated rings. The van der Waals surface area contributed by atoms with Crippen molar-refractivity contribution in [1.29, 1.82) is 0 Å². The summed E-state index contributed by atoms with van der Waals surface area (Å²) in [4.78, 5) is 0. The molecule has 0 bridgehead atoms. The molecule has 0 saturated carbocycles. The zero-order chi connectivity index (χ0) is 10.4. The van der Waals surface area contributed by atoms with Crippen LogP contribution in [-0.2, 0) is 0 Å². The van der Waals surface area contributed by atoms with Crippen LogP contribution in [0.5, 0.6) is 0 Å². The van der Waals surface area contributed by atoms with Crippen molar-refractivity contribution in [1.82, 2.24) is 10.2 Å². The second kappa shape index (κ2) is 5.73. The molecular weight excluding hydrogens is 164 g/mol. The highest BCUT2D eigenvalue weighted by atomic mass is 16.4. The number of aromatic nitrogens is 2. The first-order valence-corrected chi connectivity index (χ1v) is 4.94. The lowest BCUT2D eigenvalue weighted by Gasteiger charge is -1.96. The average Bonchev–Trinajstić information content (AvgIpc) is 2.56. The number of hydrogen-bond donors (Lipinski definition) is 0. The molecule has 0 spiro atoms. The van der Waals surface area contributed by atoms with Gasteiger partial charge in [-0.15, -0.1) is 10.2 Å². The molecule has 0 aliphatic heterocycles. The molecule has 0 amide bonds. The van der Waals surface area contributed by atoms with Crippen molar-refractivity contribution in [3.8, 4) is 0 Å². The molecule has 76 valence electrons. The minimum absolute atomic E-state index is 0.329. The van der Waals surface area contributed by atoms with Crippen LogP contribution in [0.25, 0.3) is 0 Å². The fourth-order valence-electron chi connectivity index (χ4n) is 0.713. The molecule has 0 aromatic carbocycles. The lowest BCUT2D eigenvalue weighted by molar-refractivity contribution is 0.417. The minimum atomic E-state index is 0.329. The fraction of sp³-hybridized carbons (Fsp3) is 0.800. The van der Waals surface area contributed by atoms with Crippen molar-refractivity contribution in [2.45, 2.75) is 53.4 Å². The van der Waals surface area contributed by atoms with E-state index < -0.39 is 0 Å². The van der Waals surface area contributed by atoms with Crippen LogP contribution >= 0.6 is 0 Å². The van der Waals surface area contributed by atoms with Crippen LogP contribution < -0.4 is 0 Å². The van der Waals surface area contributed by atoms with Gasteiger partial charge >= 0.3 is 0 Å². The predicted octanol–water partition coefficient (Wildman–Crippen LogP) is 3.34. The van der Waals surface area contributed by atoms with E-state index in [0.29, 0.717) is 11.8 Å². The van der Waals surface area contributed by atoms with Gasteiger partial charge in [-0.05, 0) is 0 Å². The Bertz CT molecular complexity index is 206. The van der Waals surface area contributed by atoms with Crippen molar-refractivity contribution < 1.29 is 4.42 Å². The van der Waals surface area contributed by atoms with Crippen LogP contribution in [0.3, 0.4) is 0 Å². The molecular formula is C10H20N2O. The van der Waals surface area contributed by atoms with E-state index in [-0.39, 0.29) is 0 Å². The van der Waals surface area contributed by atoms with Gasteiger partial charge in [-0.3, -0.25) is 0 Å². The summed E-state index contributed by atoms with van der Waals surface area (Å²) >= 11 is 0. The summed E-state index contributed by atoms with van der Waals surface area (Å²) in [6.07, 6.45) is 0. The third-order valence-electron chi connectivity index (χ3n) is 1.44. The van der Waals surface area contributed by atoms with E-state index in [1.807, 2.05) is 41.5 Å². The Balaban J connectivity index is 0.000000671. The standard InChI is InChI=1S/C8H14N2O.C2H6/c1-5(2)7-9-10-8(11-7)6(3)4;1-2/h5-6H,1-4H3;1-2H3. The first-order valence-electron chi connectivity index (χ1n) is 4.94. The summed E-state index contributed by atoms with van der Waals surface area (Å²) in [6.45, 7) is 12.2. The van der Waals surface area contributed by atoms with E-state index in [4.69, 9.17) is 4.42 Å². The number of rotatable bonds is 2. The van der Waals surface area contributed by atoms with Gasteiger partial charge in [0.15, 0.2) is 0 Å². The van der Waals surface area contributed by atoms with E-state index in [9.17, 15) is 0 Å². The minimum Gasteiger partial charge on any atom is -0.425 e. The Hall–Kier alpha value is -0.860. The van der Waals surface area contributed by atoms with Crippen LogP contribution in [0.2, 0.25) is 0 Å². The monoisotopic (exact) mass is 184 g/mol. The Morgan fingerprint density at radius 3 is 1.31 bits per heavy atom. The van der Waals surface area contributed by atoms with E-state index >= 15 is 0 Å². The third kappa shape index (κ3) is 3.57. The van der Waals surface area contributed by atoms with Gasteiger partial charge in [-0.25, -0.2) is 0 Å². The molecule has 13 heavy (non-hydrogen) atoms. The molecule has 0 unspecified atom stereocenters. The summed E-state index contributed by atoms with van der Waals surface area (Å²) in [7, 11) is 0. The highest BCUT2D eigenvalue weighted by molar-refractivity contribution is 4.90. The smallest absolute Gasteiger partial charge is 0.219 e. The lowest BCUT2D eigenvalue weighted by Crippen LogP contribution is -1.85. The second-order valence-corrected chi connectivity index (χ2v) is 3.29. The van der Waals surface area contributed by atoms with Crippen LogP contribution in [-0.4, -0.2) is 10.2 Å². The van der Waals surface area contributed by atoms with Crippen molar-refractivity contribution >= 4 is 0 Å². The van der Waals surface area contributed by atoms with Crippen LogP contribution in [0.15, 0.2) is 4.42 Å². The van der Waals surface area contributed by atoms with Gasteiger partial charge in [-0.1, -0.05) is 41.5 Å². The molecule has 1 heterocycles. The molecule has 0 N–H and O–H groups in total. The quantitative estimate of drug-likeness (QED) is 0.707. The van der Waals surface area contributed by atoms with Crippen LogP contribution in [0.4, 0.5) is 0 Å². The van der Waals surface area contributed by atoms with Crippen molar-refractivity contribution in [2.75, 3.05) is 0 Å². The molecule has 0 saturated heterocycles. The Morgan fingerprint density at radius 2 is 1.15 bits per heavy atom. The van der Waals surface area contributed by atoms with Crippen LogP contribution in [0, 0.1) is 0 Å². The molecule has 0 atom stereocenters. The largest absolute Gasteiger partial charge is 0.425 e. The Morgan fingerprint density at radius 1 is 0.846 bits per heavy atom. The zero-order valence-corrected chi connectivity index (χ0v) is 9.46. The second-order valence-electron chi connectivity index (χ2n) is 3.29. The highest BCUT2D eigenvalue weighted by Crippen LogP contribution is 2.16. The van der Waals surface area contributed by atoms with Gasteiger partial charge in [-0.2, -0.15) is 0 Å². The first kappa shape index (κ1) is 12.1. The molecule has 1 aromatic heterocycles. The van der Waals surface area contributed by atoms with Gasteiger partial charge in [0.1, 0.15) is 0 Å². The summed E-state index contributed by atoms with van der Waals surface area (Å²) in [6, 6.07) is 0. The van der Waals surface area contributed by atoms with Crippen molar-refractivity contribution in [2.24, 2.45) is 0 Å². The number of nitrogens with zero attached hydrogens (tertiary/aromatic N) is 2.